The molecular weight excluding hydrogens is 306 g/mol. The third-order valence-electron chi connectivity index (χ3n) is 3.65. The van der Waals surface area contributed by atoms with Crippen LogP contribution in [-0.4, -0.2) is 10.8 Å². The maximum absolute atomic E-state index is 11.8. The molecule has 0 saturated heterocycles. The second-order valence-electron chi connectivity index (χ2n) is 5.31. The van der Waals surface area contributed by atoms with Gasteiger partial charge in [0.15, 0.2) is 5.78 Å². The zero-order valence-corrected chi connectivity index (χ0v) is 13.5. The summed E-state index contributed by atoms with van der Waals surface area (Å²) in [7, 11) is 0. The summed E-state index contributed by atoms with van der Waals surface area (Å²) in [5.41, 5.74) is 3.45. The molecule has 0 unspecified atom stereocenters. The van der Waals surface area contributed by atoms with E-state index in [1.165, 1.54) is 0 Å². The lowest BCUT2D eigenvalue weighted by Gasteiger charge is -2.01. The summed E-state index contributed by atoms with van der Waals surface area (Å²) in [6.45, 7) is 1.87. The van der Waals surface area contributed by atoms with Gasteiger partial charge in [-0.25, -0.2) is 4.98 Å². The maximum atomic E-state index is 11.8. The number of pyridine rings is 1. The Morgan fingerprint density at radius 1 is 1.09 bits per heavy atom. The van der Waals surface area contributed by atoms with Crippen LogP contribution in [0.3, 0.4) is 0 Å². The van der Waals surface area contributed by atoms with Crippen molar-refractivity contribution in [3.8, 4) is 0 Å². The van der Waals surface area contributed by atoms with E-state index in [2.05, 4.69) is 4.98 Å². The fourth-order valence-electron chi connectivity index (χ4n) is 2.40. The van der Waals surface area contributed by atoms with E-state index in [4.69, 9.17) is 11.6 Å². The van der Waals surface area contributed by atoms with Gasteiger partial charge in [0.25, 0.3) is 0 Å². The predicted octanol–water partition coefficient (Wildman–Crippen LogP) is 5.65. The van der Waals surface area contributed by atoms with Crippen LogP contribution in [0.25, 0.3) is 23.1 Å². The number of rotatable bonds is 4. The van der Waals surface area contributed by atoms with Gasteiger partial charge in [0.2, 0.25) is 0 Å². The van der Waals surface area contributed by atoms with Gasteiger partial charge in [-0.05, 0) is 35.9 Å². The fourth-order valence-corrected chi connectivity index (χ4v) is 2.57. The standard InChI is InChI=1S/C20H16ClNO/c1-2-20(23)16-5-3-4-14(12-16)6-10-18-11-8-15-7-9-17(21)13-19(15)22-18/h3-13H,2H2,1H3/b10-6+. The molecule has 0 bridgehead atoms. The molecule has 0 saturated carbocycles. The van der Waals surface area contributed by atoms with Crippen molar-refractivity contribution in [2.24, 2.45) is 0 Å². The summed E-state index contributed by atoms with van der Waals surface area (Å²) in [4.78, 5) is 16.4. The van der Waals surface area contributed by atoms with Crippen molar-refractivity contribution in [2.75, 3.05) is 0 Å². The van der Waals surface area contributed by atoms with Crippen LogP contribution in [0, 0.1) is 0 Å². The molecule has 0 fully saturated rings. The minimum Gasteiger partial charge on any atom is -0.294 e. The van der Waals surface area contributed by atoms with E-state index in [1.54, 1.807) is 0 Å². The first-order chi connectivity index (χ1) is 11.2. The number of aromatic nitrogens is 1. The van der Waals surface area contributed by atoms with Crippen LogP contribution < -0.4 is 0 Å². The molecule has 1 aromatic heterocycles. The SMILES string of the molecule is CCC(=O)c1cccc(/C=C/c2ccc3ccc(Cl)cc3n2)c1. The highest BCUT2D eigenvalue weighted by Crippen LogP contribution is 2.19. The average molecular weight is 322 g/mol. The van der Waals surface area contributed by atoms with Crippen molar-refractivity contribution in [1.29, 1.82) is 0 Å². The number of hydrogen-bond acceptors (Lipinski definition) is 2. The number of benzene rings is 2. The summed E-state index contributed by atoms with van der Waals surface area (Å²) in [6, 6.07) is 17.3. The van der Waals surface area contributed by atoms with E-state index in [0.717, 1.165) is 27.7 Å². The molecule has 0 atom stereocenters. The highest BCUT2D eigenvalue weighted by atomic mass is 35.5. The van der Waals surface area contributed by atoms with Crippen LogP contribution in [0.4, 0.5) is 0 Å². The maximum Gasteiger partial charge on any atom is 0.162 e. The number of nitrogens with zero attached hydrogens (tertiary/aromatic N) is 1. The normalized spacial score (nSPS) is 11.2. The first kappa shape index (κ1) is 15.4. The van der Waals surface area contributed by atoms with Gasteiger partial charge < -0.3 is 0 Å². The molecule has 23 heavy (non-hydrogen) atoms. The van der Waals surface area contributed by atoms with Crippen LogP contribution in [0.2, 0.25) is 5.02 Å². The Balaban J connectivity index is 1.89. The van der Waals surface area contributed by atoms with E-state index >= 15 is 0 Å². The van der Waals surface area contributed by atoms with E-state index in [1.807, 2.05) is 73.7 Å². The minimum atomic E-state index is 0.152. The average Bonchev–Trinajstić information content (AvgIpc) is 2.59. The van der Waals surface area contributed by atoms with Gasteiger partial charge in [-0.1, -0.05) is 54.9 Å². The third kappa shape index (κ3) is 3.66. The Hall–Kier alpha value is -2.45. The molecule has 3 aromatic rings. The quantitative estimate of drug-likeness (QED) is 0.581. The lowest BCUT2D eigenvalue weighted by Crippen LogP contribution is -1.95. The van der Waals surface area contributed by atoms with E-state index in [9.17, 15) is 4.79 Å². The number of carbonyl (C=O) groups excluding carboxylic acids is 1. The molecule has 0 spiro atoms. The zero-order chi connectivity index (χ0) is 16.2. The number of ketones is 1. The summed E-state index contributed by atoms with van der Waals surface area (Å²) >= 11 is 6.01. The second-order valence-corrected chi connectivity index (χ2v) is 5.75. The van der Waals surface area contributed by atoms with Crippen molar-refractivity contribution < 1.29 is 4.79 Å². The Kier molecular flexibility index (Phi) is 4.54. The van der Waals surface area contributed by atoms with Crippen LogP contribution in [-0.2, 0) is 0 Å². The molecule has 2 nitrogen and oxygen atoms in total. The van der Waals surface area contributed by atoms with Crippen molar-refractivity contribution in [1.82, 2.24) is 4.98 Å². The van der Waals surface area contributed by atoms with E-state index in [-0.39, 0.29) is 5.78 Å². The summed E-state index contributed by atoms with van der Waals surface area (Å²) in [5.74, 6) is 0.152. The molecule has 0 aliphatic carbocycles. The Morgan fingerprint density at radius 3 is 2.74 bits per heavy atom. The molecule has 0 N–H and O–H groups in total. The molecule has 0 aliphatic heterocycles. The van der Waals surface area contributed by atoms with Crippen molar-refractivity contribution in [2.45, 2.75) is 13.3 Å². The largest absolute Gasteiger partial charge is 0.294 e. The molecule has 0 aliphatic rings. The second kappa shape index (κ2) is 6.76. The lowest BCUT2D eigenvalue weighted by molar-refractivity contribution is 0.0988. The van der Waals surface area contributed by atoms with Crippen LogP contribution in [0.1, 0.15) is 35.0 Å². The van der Waals surface area contributed by atoms with Crippen LogP contribution in [0.15, 0.2) is 54.6 Å². The third-order valence-corrected chi connectivity index (χ3v) is 3.89. The summed E-state index contributed by atoms with van der Waals surface area (Å²) in [6.07, 6.45) is 4.42. The first-order valence-corrected chi connectivity index (χ1v) is 7.91. The van der Waals surface area contributed by atoms with Gasteiger partial charge in [-0.15, -0.1) is 0 Å². The van der Waals surface area contributed by atoms with Gasteiger partial charge in [-0.2, -0.15) is 0 Å². The monoisotopic (exact) mass is 321 g/mol. The molecule has 2 aromatic carbocycles. The highest BCUT2D eigenvalue weighted by molar-refractivity contribution is 6.31. The number of halogens is 1. The number of fused-ring (bicyclic) bond motifs is 1. The van der Waals surface area contributed by atoms with Gasteiger partial charge in [0.05, 0.1) is 11.2 Å². The van der Waals surface area contributed by atoms with Gasteiger partial charge in [0, 0.05) is 22.4 Å². The number of hydrogen-bond donors (Lipinski definition) is 0. The fraction of sp³-hybridized carbons (Fsp3) is 0.100. The summed E-state index contributed by atoms with van der Waals surface area (Å²) in [5, 5.41) is 1.74. The van der Waals surface area contributed by atoms with Crippen LogP contribution >= 0.6 is 11.6 Å². The number of Topliss-reactive ketones (excluding diaryl/α,β-unsaturated/α-hetero) is 1. The molecule has 3 heteroatoms. The topological polar surface area (TPSA) is 30.0 Å². The van der Waals surface area contributed by atoms with Crippen molar-refractivity contribution in [3.63, 3.8) is 0 Å². The molecule has 3 rings (SSSR count). The molecule has 1 heterocycles. The van der Waals surface area contributed by atoms with Gasteiger partial charge in [0.1, 0.15) is 0 Å². The molecule has 0 amide bonds. The molecular formula is C20H16ClNO. The molecule has 0 radical (unpaired) electrons. The lowest BCUT2D eigenvalue weighted by atomic mass is 10.1. The molecule has 114 valence electrons. The van der Waals surface area contributed by atoms with Gasteiger partial charge in [-0.3, -0.25) is 4.79 Å². The minimum absolute atomic E-state index is 0.152. The summed E-state index contributed by atoms with van der Waals surface area (Å²) < 4.78 is 0. The smallest absolute Gasteiger partial charge is 0.162 e. The van der Waals surface area contributed by atoms with Crippen LogP contribution in [0.5, 0.6) is 0 Å². The Bertz CT molecular complexity index is 899. The van der Waals surface area contributed by atoms with Crippen molar-refractivity contribution >= 4 is 40.4 Å². The first-order valence-electron chi connectivity index (χ1n) is 7.53. The van der Waals surface area contributed by atoms with Gasteiger partial charge >= 0.3 is 0 Å². The highest BCUT2D eigenvalue weighted by Gasteiger charge is 2.02. The number of carbonyl (C=O) groups is 1. The van der Waals surface area contributed by atoms with Crippen molar-refractivity contribution in [3.05, 3.63) is 76.4 Å². The Labute approximate surface area is 140 Å². The van der Waals surface area contributed by atoms with E-state index < -0.39 is 0 Å². The Morgan fingerprint density at radius 2 is 1.91 bits per heavy atom. The predicted molar refractivity (Wildman–Crippen MR) is 96.7 cm³/mol. The van der Waals surface area contributed by atoms with E-state index in [0.29, 0.717) is 11.4 Å². The zero-order valence-electron chi connectivity index (χ0n) is 12.8.